The molecule has 0 unspecified atom stereocenters. The molecule has 3 aromatic rings. The van der Waals surface area contributed by atoms with E-state index in [4.69, 9.17) is 9.15 Å². The second-order valence-electron chi connectivity index (χ2n) is 5.86. The average Bonchev–Trinajstić information content (AvgIpc) is 3.20. The van der Waals surface area contributed by atoms with Gasteiger partial charge in [-0.05, 0) is 37.6 Å². The van der Waals surface area contributed by atoms with Crippen molar-refractivity contribution in [3.63, 3.8) is 0 Å². The number of benzene rings is 1. The topological polar surface area (TPSA) is 109 Å². The number of alkyl halides is 3. The molecule has 0 aliphatic heterocycles. The van der Waals surface area contributed by atoms with Crippen molar-refractivity contribution in [2.24, 2.45) is 0 Å². The first-order valence-electron chi connectivity index (χ1n) is 8.09. The van der Waals surface area contributed by atoms with Crippen LogP contribution in [0.5, 0.6) is 11.5 Å². The van der Waals surface area contributed by atoms with Crippen molar-refractivity contribution >= 4 is 5.97 Å². The molecular formula is C18H15F3N2O5. The Hall–Kier alpha value is -3.43. The van der Waals surface area contributed by atoms with Crippen molar-refractivity contribution in [2.75, 3.05) is 6.61 Å². The molecule has 0 fully saturated rings. The lowest BCUT2D eigenvalue weighted by Gasteiger charge is -2.10. The number of carbonyl (C=O) groups excluding carboxylic acids is 1. The van der Waals surface area contributed by atoms with Gasteiger partial charge in [0.1, 0.15) is 23.0 Å². The number of nitrogens with one attached hydrogen (secondary N) is 1. The summed E-state index contributed by atoms with van der Waals surface area (Å²) in [6.07, 6.45) is -4.81. The zero-order valence-electron chi connectivity index (χ0n) is 14.7. The molecule has 7 nitrogen and oxygen atoms in total. The fraction of sp³-hybridized carbons (Fsp3) is 0.222. The van der Waals surface area contributed by atoms with E-state index in [1.165, 1.54) is 25.1 Å². The van der Waals surface area contributed by atoms with Gasteiger partial charge in [-0.1, -0.05) is 0 Å². The predicted molar refractivity (Wildman–Crippen MR) is 90.8 cm³/mol. The molecule has 10 heteroatoms. The van der Waals surface area contributed by atoms with Crippen LogP contribution < -0.4 is 0 Å². The third kappa shape index (κ3) is 3.40. The summed E-state index contributed by atoms with van der Waals surface area (Å²) in [6.45, 7) is 3.14. The summed E-state index contributed by atoms with van der Waals surface area (Å²) in [7, 11) is 0. The SMILES string of the molecule is CCOC(=O)c1ccc(-c2c(-c3c(C)cc(O)cc3O)n[nH]c2C(F)(F)F)o1. The molecule has 0 spiro atoms. The Balaban J connectivity index is 2.23. The Labute approximate surface area is 156 Å². The summed E-state index contributed by atoms with van der Waals surface area (Å²) in [5.41, 5.74) is -1.66. The van der Waals surface area contributed by atoms with Crippen LogP contribution in [-0.4, -0.2) is 33.0 Å². The molecule has 0 aliphatic rings. The highest BCUT2D eigenvalue weighted by atomic mass is 19.4. The molecule has 0 saturated carbocycles. The van der Waals surface area contributed by atoms with Crippen LogP contribution in [0.25, 0.3) is 22.6 Å². The second-order valence-corrected chi connectivity index (χ2v) is 5.86. The summed E-state index contributed by atoms with van der Waals surface area (Å²) in [5, 5.41) is 25.4. The number of aromatic nitrogens is 2. The van der Waals surface area contributed by atoms with Crippen molar-refractivity contribution in [2.45, 2.75) is 20.0 Å². The molecular weight excluding hydrogens is 381 g/mol. The van der Waals surface area contributed by atoms with Crippen molar-refractivity contribution in [3.8, 4) is 34.1 Å². The van der Waals surface area contributed by atoms with Crippen molar-refractivity contribution in [1.82, 2.24) is 10.2 Å². The van der Waals surface area contributed by atoms with Gasteiger partial charge in [0.25, 0.3) is 0 Å². The van der Waals surface area contributed by atoms with Gasteiger partial charge in [-0.3, -0.25) is 5.10 Å². The number of phenolic OH excluding ortho intramolecular Hbond substituents is 2. The zero-order chi connectivity index (χ0) is 20.6. The number of carbonyl (C=O) groups is 1. The van der Waals surface area contributed by atoms with Gasteiger partial charge in [0.2, 0.25) is 5.76 Å². The summed E-state index contributed by atoms with van der Waals surface area (Å²) >= 11 is 0. The number of aromatic amines is 1. The minimum atomic E-state index is -4.81. The number of halogens is 3. The first kappa shape index (κ1) is 19.3. The van der Waals surface area contributed by atoms with Crippen LogP contribution in [0.4, 0.5) is 13.2 Å². The van der Waals surface area contributed by atoms with E-state index in [1.54, 1.807) is 6.92 Å². The molecule has 0 bridgehead atoms. The van der Waals surface area contributed by atoms with Gasteiger partial charge in [-0.25, -0.2) is 4.79 Å². The molecule has 0 saturated heterocycles. The molecule has 0 amide bonds. The van der Waals surface area contributed by atoms with E-state index in [9.17, 15) is 28.2 Å². The van der Waals surface area contributed by atoms with Gasteiger partial charge in [0.15, 0.2) is 5.69 Å². The summed E-state index contributed by atoms with van der Waals surface area (Å²) in [5.74, 6) is -2.10. The number of nitrogens with zero attached hydrogens (tertiary/aromatic N) is 1. The zero-order valence-corrected chi connectivity index (χ0v) is 14.7. The minimum absolute atomic E-state index is 0.0198. The highest BCUT2D eigenvalue weighted by molar-refractivity contribution is 5.89. The molecule has 28 heavy (non-hydrogen) atoms. The van der Waals surface area contributed by atoms with Gasteiger partial charge in [0.05, 0.1) is 12.2 Å². The normalized spacial score (nSPS) is 11.6. The molecule has 1 aromatic carbocycles. The van der Waals surface area contributed by atoms with Gasteiger partial charge in [-0.15, -0.1) is 0 Å². The number of hydrogen-bond acceptors (Lipinski definition) is 6. The first-order chi connectivity index (χ1) is 13.1. The summed E-state index contributed by atoms with van der Waals surface area (Å²) < 4.78 is 50.6. The number of hydrogen-bond donors (Lipinski definition) is 3. The number of H-pyrrole nitrogens is 1. The van der Waals surface area contributed by atoms with Crippen LogP contribution in [0.15, 0.2) is 28.7 Å². The first-order valence-corrected chi connectivity index (χ1v) is 8.09. The third-order valence-corrected chi connectivity index (χ3v) is 3.92. The van der Waals surface area contributed by atoms with E-state index in [-0.39, 0.29) is 40.7 Å². The maximum absolute atomic E-state index is 13.5. The van der Waals surface area contributed by atoms with E-state index in [1.807, 2.05) is 5.10 Å². The van der Waals surface area contributed by atoms with Gasteiger partial charge < -0.3 is 19.4 Å². The van der Waals surface area contributed by atoms with Crippen LogP contribution >= 0.6 is 0 Å². The molecule has 148 valence electrons. The Kier molecular flexibility index (Phi) is 4.80. The summed E-state index contributed by atoms with van der Waals surface area (Å²) in [6, 6.07) is 4.63. The number of ether oxygens (including phenoxy) is 1. The standard InChI is InChI=1S/C18H15F3N2O5/c1-3-27-17(26)12-5-4-11(28-12)14-15(22-23-16(14)18(19,20)21)13-8(2)6-9(24)7-10(13)25/h4-7,24-25H,3H2,1-2H3,(H,22,23). The lowest BCUT2D eigenvalue weighted by atomic mass is 9.98. The average molecular weight is 396 g/mol. The molecule has 3 N–H and O–H groups in total. The number of furan rings is 1. The van der Waals surface area contributed by atoms with Crippen LogP contribution in [0.1, 0.15) is 28.7 Å². The molecule has 0 atom stereocenters. The van der Waals surface area contributed by atoms with Gasteiger partial charge >= 0.3 is 12.1 Å². The molecule has 0 radical (unpaired) electrons. The highest BCUT2D eigenvalue weighted by Gasteiger charge is 2.39. The number of phenols is 2. The Morgan fingerprint density at radius 3 is 2.57 bits per heavy atom. The minimum Gasteiger partial charge on any atom is -0.508 e. The number of aryl methyl sites for hydroxylation is 1. The fourth-order valence-electron chi connectivity index (χ4n) is 2.81. The van der Waals surface area contributed by atoms with Crippen LogP contribution in [0.3, 0.4) is 0 Å². The molecule has 2 heterocycles. The largest absolute Gasteiger partial charge is 0.508 e. The highest BCUT2D eigenvalue weighted by Crippen LogP contribution is 2.45. The van der Waals surface area contributed by atoms with Gasteiger partial charge in [0, 0.05) is 11.6 Å². The number of aromatic hydroxyl groups is 2. The van der Waals surface area contributed by atoms with E-state index in [0.29, 0.717) is 0 Å². The van der Waals surface area contributed by atoms with Crippen LogP contribution in [0, 0.1) is 6.92 Å². The van der Waals surface area contributed by atoms with E-state index >= 15 is 0 Å². The Morgan fingerprint density at radius 2 is 1.96 bits per heavy atom. The van der Waals surface area contributed by atoms with E-state index in [0.717, 1.165) is 6.07 Å². The molecule has 2 aromatic heterocycles. The van der Waals surface area contributed by atoms with Crippen molar-refractivity contribution in [3.05, 3.63) is 41.3 Å². The smallest absolute Gasteiger partial charge is 0.433 e. The maximum atomic E-state index is 13.5. The van der Waals surface area contributed by atoms with Gasteiger partial charge in [-0.2, -0.15) is 18.3 Å². The van der Waals surface area contributed by atoms with E-state index < -0.39 is 29.2 Å². The van der Waals surface area contributed by atoms with Crippen LogP contribution in [0.2, 0.25) is 0 Å². The lowest BCUT2D eigenvalue weighted by Crippen LogP contribution is -2.07. The lowest BCUT2D eigenvalue weighted by molar-refractivity contribution is -0.140. The van der Waals surface area contributed by atoms with Crippen molar-refractivity contribution < 1.29 is 37.3 Å². The Bertz CT molecular complexity index is 1010. The summed E-state index contributed by atoms with van der Waals surface area (Å²) in [4.78, 5) is 11.8. The number of esters is 1. The van der Waals surface area contributed by atoms with Crippen LogP contribution in [-0.2, 0) is 10.9 Å². The predicted octanol–water partition coefficient (Wildman–Crippen LogP) is 4.25. The third-order valence-electron chi connectivity index (χ3n) is 3.92. The van der Waals surface area contributed by atoms with Crippen molar-refractivity contribution in [1.29, 1.82) is 0 Å². The molecule has 3 rings (SSSR count). The molecule has 0 aliphatic carbocycles. The monoisotopic (exact) mass is 396 g/mol. The maximum Gasteiger partial charge on any atom is 0.433 e. The Morgan fingerprint density at radius 1 is 1.25 bits per heavy atom. The van der Waals surface area contributed by atoms with E-state index in [2.05, 4.69) is 5.10 Å². The second kappa shape index (κ2) is 6.95. The number of rotatable bonds is 4. The quantitative estimate of drug-likeness (QED) is 0.569. The fourth-order valence-corrected chi connectivity index (χ4v) is 2.81.